The number of methoxy groups -OCH3 is 1. The number of aromatic nitrogens is 2. The number of ether oxygens (including phenoxy) is 1. The number of benzene rings is 2. The monoisotopic (exact) mass is 385 g/mol. The highest BCUT2D eigenvalue weighted by Gasteiger charge is 2.16. The van der Waals surface area contributed by atoms with Crippen LogP contribution in [0.1, 0.15) is 5.69 Å². The Morgan fingerprint density at radius 3 is 2.48 bits per heavy atom. The highest BCUT2D eigenvalue weighted by atomic mass is 35.5. The average Bonchev–Trinajstić information content (AvgIpc) is 2.67. The van der Waals surface area contributed by atoms with Crippen molar-refractivity contribution in [1.29, 1.82) is 0 Å². The molecule has 0 unspecified atom stereocenters. The van der Waals surface area contributed by atoms with Crippen LogP contribution < -0.4 is 10.9 Å². The van der Waals surface area contributed by atoms with E-state index in [1.807, 2.05) is 0 Å². The van der Waals surface area contributed by atoms with Gasteiger partial charge < -0.3 is 10.1 Å². The third-order valence-electron chi connectivity index (χ3n) is 3.93. The Kier molecular flexibility index (Phi) is 5.52. The van der Waals surface area contributed by atoms with Crippen LogP contribution in [0.4, 0.5) is 5.69 Å². The summed E-state index contributed by atoms with van der Waals surface area (Å²) in [7, 11) is 1.28. The highest BCUT2D eigenvalue weighted by Crippen LogP contribution is 2.20. The van der Waals surface area contributed by atoms with Crippen molar-refractivity contribution in [3.8, 4) is 0 Å². The van der Waals surface area contributed by atoms with Gasteiger partial charge in [0.15, 0.2) is 0 Å². The maximum atomic E-state index is 12.7. The van der Waals surface area contributed by atoms with Crippen molar-refractivity contribution in [2.24, 2.45) is 0 Å². The summed E-state index contributed by atoms with van der Waals surface area (Å²) in [4.78, 5) is 36.7. The van der Waals surface area contributed by atoms with Crippen LogP contribution in [0.3, 0.4) is 0 Å². The topological polar surface area (TPSA) is 90.3 Å². The lowest BCUT2D eigenvalue weighted by atomic mass is 10.1. The Bertz CT molecular complexity index is 1080. The van der Waals surface area contributed by atoms with Gasteiger partial charge in [0, 0.05) is 5.39 Å². The fourth-order valence-corrected chi connectivity index (χ4v) is 2.82. The van der Waals surface area contributed by atoms with Gasteiger partial charge >= 0.3 is 5.97 Å². The molecule has 0 fully saturated rings. The van der Waals surface area contributed by atoms with E-state index in [0.29, 0.717) is 27.2 Å². The van der Waals surface area contributed by atoms with E-state index in [-0.39, 0.29) is 13.0 Å². The number of nitrogens with one attached hydrogen (secondary N) is 1. The number of rotatable bonds is 5. The van der Waals surface area contributed by atoms with Crippen molar-refractivity contribution < 1.29 is 14.3 Å². The minimum absolute atomic E-state index is 0.108. The number of amides is 1. The summed E-state index contributed by atoms with van der Waals surface area (Å²) >= 11 is 6.03. The second kappa shape index (κ2) is 8.01. The first-order valence-corrected chi connectivity index (χ1v) is 8.47. The van der Waals surface area contributed by atoms with E-state index in [4.69, 9.17) is 11.6 Å². The van der Waals surface area contributed by atoms with Crippen LogP contribution in [0.2, 0.25) is 5.02 Å². The number of halogens is 1. The number of hydrogen-bond donors (Lipinski definition) is 1. The molecule has 1 aromatic heterocycles. The van der Waals surface area contributed by atoms with Crippen molar-refractivity contribution >= 4 is 39.9 Å². The van der Waals surface area contributed by atoms with E-state index in [1.165, 1.54) is 7.11 Å². The zero-order chi connectivity index (χ0) is 19.4. The van der Waals surface area contributed by atoms with Gasteiger partial charge in [0.05, 0.1) is 35.3 Å². The maximum Gasteiger partial charge on any atom is 0.311 e. The van der Waals surface area contributed by atoms with E-state index in [9.17, 15) is 14.4 Å². The van der Waals surface area contributed by atoms with Gasteiger partial charge in [-0.3, -0.25) is 14.4 Å². The number of anilines is 1. The summed E-state index contributed by atoms with van der Waals surface area (Å²) in [6.07, 6.45) is -0.108. The summed E-state index contributed by atoms with van der Waals surface area (Å²) in [6.45, 7) is -0.316. The molecule has 3 aromatic rings. The molecule has 0 atom stereocenters. The molecule has 1 N–H and O–H groups in total. The largest absolute Gasteiger partial charge is 0.469 e. The molecule has 7 nitrogen and oxygen atoms in total. The quantitative estimate of drug-likeness (QED) is 0.681. The first-order valence-electron chi connectivity index (χ1n) is 8.09. The summed E-state index contributed by atoms with van der Waals surface area (Å²) in [5.74, 6) is -0.949. The zero-order valence-corrected chi connectivity index (χ0v) is 15.2. The van der Waals surface area contributed by atoms with Crippen molar-refractivity contribution in [2.45, 2.75) is 13.0 Å². The highest BCUT2D eigenvalue weighted by molar-refractivity contribution is 6.33. The lowest BCUT2D eigenvalue weighted by Crippen LogP contribution is -2.31. The number of hydrogen-bond acceptors (Lipinski definition) is 5. The number of carbonyl (C=O) groups excluding carboxylic acids is 2. The molecule has 0 saturated heterocycles. The predicted molar refractivity (Wildman–Crippen MR) is 102 cm³/mol. The number of nitrogens with zero attached hydrogens (tertiary/aromatic N) is 2. The number of fused-ring (bicyclic) bond motifs is 1. The van der Waals surface area contributed by atoms with Crippen LogP contribution in [0.15, 0.2) is 53.3 Å². The van der Waals surface area contributed by atoms with E-state index < -0.39 is 17.4 Å². The standard InChI is InChI=1S/C19H16ClN3O4/c1-27-18(25)10-16-12-6-2-3-7-13(12)19(26)23(22-16)11-17(24)21-15-9-5-4-8-14(15)20/h2-9H,10-11H2,1H3,(H,21,24). The van der Waals surface area contributed by atoms with Crippen LogP contribution in [-0.2, 0) is 27.3 Å². The lowest BCUT2D eigenvalue weighted by Gasteiger charge is -2.11. The van der Waals surface area contributed by atoms with Crippen molar-refractivity contribution in [3.05, 3.63) is 69.6 Å². The predicted octanol–water partition coefficient (Wildman–Crippen LogP) is 2.40. The smallest absolute Gasteiger partial charge is 0.311 e. The summed E-state index contributed by atoms with van der Waals surface area (Å²) in [5.41, 5.74) is 0.379. The molecule has 3 rings (SSSR count). The average molecular weight is 386 g/mol. The molecule has 0 aliphatic heterocycles. The molecule has 8 heteroatoms. The summed E-state index contributed by atoms with van der Waals surface area (Å²) in [6, 6.07) is 13.6. The molecule has 0 bridgehead atoms. The number of carbonyl (C=O) groups is 2. The molecule has 0 aliphatic rings. The Balaban J connectivity index is 1.95. The molecular formula is C19H16ClN3O4. The molecule has 2 aromatic carbocycles. The number of esters is 1. The van der Waals surface area contributed by atoms with Gasteiger partial charge in [0.2, 0.25) is 5.91 Å². The fraction of sp³-hybridized carbons (Fsp3) is 0.158. The van der Waals surface area contributed by atoms with Gasteiger partial charge in [-0.25, -0.2) is 4.68 Å². The lowest BCUT2D eigenvalue weighted by molar-refractivity contribution is -0.139. The molecule has 1 heterocycles. The molecule has 0 spiro atoms. The first-order chi connectivity index (χ1) is 13.0. The minimum atomic E-state index is -0.488. The second-order valence-corrected chi connectivity index (χ2v) is 6.14. The van der Waals surface area contributed by atoms with E-state index in [2.05, 4.69) is 15.2 Å². The van der Waals surface area contributed by atoms with Crippen molar-refractivity contribution in [1.82, 2.24) is 9.78 Å². The van der Waals surface area contributed by atoms with E-state index in [0.717, 1.165) is 4.68 Å². The van der Waals surface area contributed by atoms with Crippen LogP contribution in [-0.4, -0.2) is 28.8 Å². The third-order valence-corrected chi connectivity index (χ3v) is 4.25. The zero-order valence-electron chi connectivity index (χ0n) is 14.4. The van der Waals surface area contributed by atoms with Gasteiger partial charge in [-0.15, -0.1) is 0 Å². The molecule has 1 amide bonds. The van der Waals surface area contributed by atoms with E-state index in [1.54, 1.807) is 48.5 Å². The van der Waals surface area contributed by atoms with E-state index >= 15 is 0 Å². The second-order valence-electron chi connectivity index (χ2n) is 5.74. The molecule has 138 valence electrons. The maximum absolute atomic E-state index is 12.7. The SMILES string of the molecule is COC(=O)Cc1nn(CC(=O)Nc2ccccc2Cl)c(=O)c2ccccc12. The van der Waals surface area contributed by atoms with Gasteiger partial charge in [-0.1, -0.05) is 41.9 Å². The van der Waals surface area contributed by atoms with Crippen LogP contribution in [0.5, 0.6) is 0 Å². The Hall–Kier alpha value is -3.19. The van der Waals surface area contributed by atoms with Crippen LogP contribution in [0, 0.1) is 0 Å². The van der Waals surface area contributed by atoms with Crippen molar-refractivity contribution in [2.75, 3.05) is 12.4 Å². The van der Waals surface area contributed by atoms with Gasteiger partial charge in [-0.2, -0.15) is 5.10 Å². The van der Waals surface area contributed by atoms with Crippen LogP contribution >= 0.6 is 11.6 Å². The summed E-state index contributed by atoms with van der Waals surface area (Å²) in [5, 5.41) is 8.15. The molecule has 0 aliphatic carbocycles. The molecular weight excluding hydrogens is 370 g/mol. The number of para-hydroxylation sites is 1. The third kappa shape index (κ3) is 4.15. The molecule has 0 saturated carbocycles. The molecule has 27 heavy (non-hydrogen) atoms. The van der Waals surface area contributed by atoms with Crippen LogP contribution in [0.25, 0.3) is 10.8 Å². The Labute approximate surface area is 159 Å². The van der Waals surface area contributed by atoms with Gasteiger partial charge in [0.1, 0.15) is 6.54 Å². The van der Waals surface area contributed by atoms with Gasteiger partial charge in [0.25, 0.3) is 5.56 Å². The Morgan fingerprint density at radius 1 is 1.11 bits per heavy atom. The fourth-order valence-electron chi connectivity index (χ4n) is 2.64. The van der Waals surface area contributed by atoms with Gasteiger partial charge in [-0.05, 0) is 18.2 Å². The summed E-state index contributed by atoms with van der Waals surface area (Å²) < 4.78 is 5.72. The first kappa shape index (κ1) is 18.6. The Morgan fingerprint density at radius 2 is 1.78 bits per heavy atom. The minimum Gasteiger partial charge on any atom is -0.469 e. The normalized spacial score (nSPS) is 10.6. The molecule has 0 radical (unpaired) electrons. The van der Waals surface area contributed by atoms with Crippen molar-refractivity contribution in [3.63, 3.8) is 0 Å².